The van der Waals surface area contributed by atoms with Gasteiger partial charge in [-0.2, -0.15) is 0 Å². The van der Waals surface area contributed by atoms with Crippen LogP contribution in [-0.4, -0.2) is 6.17 Å². The molecule has 4 nitrogen and oxygen atoms in total. The lowest BCUT2D eigenvalue weighted by Crippen LogP contribution is -2.37. The predicted octanol–water partition coefficient (Wildman–Crippen LogP) is 1.27. The third kappa shape index (κ3) is 7.40. The summed E-state index contributed by atoms with van der Waals surface area (Å²) in [6.07, 6.45) is 2.18. The summed E-state index contributed by atoms with van der Waals surface area (Å²) in [5.41, 5.74) is 23.9. The van der Waals surface area contributed by atoms with Crippen LogP contribution < -0.4 is 22.9 Å². The topological polar surface area (TPSA) is 104 Å². The van der Waals surface area contributed by atoms with E-state index in [4.69, 9.17) is 22.9 Å². The second-order valence-electron chi connectivity index (χ2n) is 4.57. The van der Waals surface area contributed by atoms with Crippen molar-refractivity contribution in [3.05, 3.63) is 35.4 Å². The highest BCUT2D eigenvalue weighted by molar-refractivity contribution is 5.21. The molecule has 0 aliphatic rings. The fourth-order valence-corrected chi connectivity index (χ4v) is 1.46. The van der Waals surface area contributed by atoms with Crippen molar-refractivity contribution in [2.75, 3.05) is 0 Å². The minimum Gasteiger partial charge on any atom is -0.326 e. The SMILES string of the molecule is CCCC(C)C(N)N.NCc1ccc(CN)cc1. The van der Waals surface area contributed by atoms with Crippen LogP contribution in [0.4, 0.5) is 0 Å². The maximum atomic E-state index is 5.41. The zero-order chi connectivity index (χ0) is 14.0. The molecule has 1 rings (SSSR count). The molecule has 0 amide bonds. The third-order valence-corrected chi connectivity index (χ3v) is 2.90. The van der Waals surface area contributed by atoms with Crippen LogP contribution in [0.5, 0.6) is 0 Å². The van der Waals surface area contributed by atoms with Crippen LogP contribution in [-0.2, 0) is 13.1 Å². The Morgan fingerprint density at radius 3 is 1.50 bits per heavy atom. The Bertz CT molecular complexity index is 272. The van der Waals surface area contributed by atoms with Gasteiger partial charge in [0.25, 0.3) is 0 Å². The Kier molecular flexibility index (Phi) is 9.50. The smallest absolute Gasteiger partial charge is 0.0547 e. The van der Waals surface area contributed by atoms with Crippen LogP contribution in [0, 0.1) is 5.92 Å². The largest absolute Gasteiger partial charge is 0.326 e. The van der Waals surface area contributed by atoms with Gasteiger partial charge >= 0.3 is 0 Å². The van der Waals surface area contributed by atoms with Crippen LogP contribution in [0.1, 0.15) is 37.8 Å². The van der Waals surface area contributed by atoms with E-state index in [0.29, 0.717) is 19.0 Å². The summed E-state index contributed by atoms with van der Waals surface area (Å²) < 4.78 is 0. The molecule has 0 radical (unpaired) electrons. The van der Waals surface area contributed by atoms with E-state index in [2.05, 4.69) is 13.8 Å². The standard InChI is InChI=1S/C8H12N2.C6H16N2/c9-5-7-1-2-8(6-10)4-3-7;1-3-4-5(2)6(7)8/h1-4H,5-6,9-10H2;5-6H,3-4,7-8H2,1-2H3. The summed E-state index contributed by atoms with van der Waals surface area (Å²) in [6, 6.07) is 8.01. The third-order valence-electron chi connectivity index (χ3n) is 2.90. The Morgan fingerprint density at radius 1 is 0.944 bits per heavy atom. The molecule has 104 valence electrons. The first-order chi connectivity index (χ1) is 8.54. The zero-order valence-electron chi connectivity index (χ0n) is 11.6. The second-order valence-corrected chi connectivity index (χ2v) is 4.57. The molecule has 0 bridgehead atoms. The Morgan fingerprint density at radius 2 is 1.33 bits per heavy atom. The van der Waals surface area contributed by atoms with E-state index in [1.54, 1.807) is 0 Å². The van der Waals surface area contributed by atoms with Gasteiger partial charge in [0.15, 0.2) is 0 Å². The minimum atomic E-state index is -0.130. The van der Waals surface area contributed by atoms with Crippen molar-refractivity contribution in [2.45, 2.75) is 45.9 Å². The summed E-state index contributed by atoms with van der Waals surface area (Å²) in [5, 5.41) is 0. The molecule has 4 heteroatoms. The van der Waals surface area contributed by atoms with Crippen LogP contribution in [0.25, 0.3) is 0 Å². The molecule has 1 aromatic rings. The lowest BCUT2D eigenvalue weighted by molar-refractivity contribution is 0.432. The van der Waals surface area contributed by atoms with E-state index in [0.717, 1.165) is 17.5 Å². The highest BCUT2D eigenvalue weighted by Crippen LogP contribution is 2.04. The molecule has 18 heavy (non-hydrogen) atoms. The van der Waals surface area contributed by atoms with Gasteiger partial charge in [-0.25, -0.2) is 0 Å². The number of hydrogen-bond donors (Lipinski definition) is 4. The normalized spacial score (nSPS) is 11.9. The van der Waals surface area contributed by atoms with Gasteiger partial charge in [0.1, 0.15) is 0 Å². The molecule has 0 saturated heterocycles. The van der Waals surface area contributed by atoms with Crippen LogP contribution in [0.2, 0.25) is 0 Å². The average molecular weight is 252 g/mol. The molecule has 0 saturated carbocycles. The molecule has 0 aliphatic heterocycles. The quantitative estimate of drug-likeness (QED) is 0.592. The summed E-state index contributed by atoms with van der Waals surface area (Å²) in [5.74, 6) is 0.472. The van der Waals surface area contributed by atoms with Gasteiger partial charge < -0.3 is 22.9 Å². The molecule has 0 heterocycles. The van der Waals surface area contributed by atoms with Gasteiger partial charge in [-0.3, -0.25) is 0 Å². The maximum Gasteiger partial charge on any atom is 0.0547 e. The Hall–Kier alpha value is -0.940. The fourth-order valence-electron chi connectivity index (χ4n) is 1.46. The first kappa shape index (κ1) is 17.1. The molecule has 0 aliphatic carbocycles. The lowest BCUT2D eigenvalue weighted by atomic mass is 10.0. The van der Waals surface area contributed by atoms with Crippen molar-refractivity contribution in [3.63, 3.8) is 0 Å². The zero-order valence-corrected chi connectivity index (χ0v) is 11.6. The minimum absolute atomic E-state index is 0.130. The Labute approximate surface area is 111 Å². The van der Waals surface area contributed by atoms with Crippen molar-refractivity contribution >= 4 is 0 Å². The molecule has 0 spiro atoms. The first-order valence-corrected chi connectivity index (χ1v) is 6.54. The van der Waals surface area contributed by atoms with Crippen molar-refractivity contribution in [1.29, 1.82) is 0 Å². The van der Waals surface area contributed by atoms with E-state index >= 15 is 0 Å². The molecule has 1 unspecified atom stereocenters. The summed E-state index contributed by atoms with van der Waals surface area (Å²) in [6.45, 7) is 5.42. The molecule has 8 N–H and O–H groups in total. The highest BCUT2D eigenvalue weighted by Gasteiger charge is 2.04. The van der Waals surface area contributed by atoms with E-state index < -0.39 is 0 Å². The predicted molar refractivity (Wildman–Crippen MR) is 78.5 cm³/mol. The fraction of sp³-hybridized carbons (Fsp3) is 0.571. The van der Waals surface area contributed by atoms with Gasteiger partial charge in [0.2, 0.25) is 0 Å². The van der Waals surface area contributed by atoms with Crippen molar-refractivity contribution in [1.82, 2.24) is 0 Å². The number of benzene rings is 1. The Balaban J connectivity index is 0.000000331. The van der Waals surface area contributed by atoms with E-state index in [9.17, 15) is 0 Å². The maximum absolute atomic E-state index is 5.41. The van der Waals surface area contributed by atoms with Crippen LogP contribution in [0.3, 0.4) is 0 Å². The molecule has 0 aromatic heterocycles. The summed E-state index contributed by atoms with van der Waals surface area (Å²) >= 11 is 0. The molecule has 0 fully saturated rings. The van der Waals surface area contributed by atoms with Gasteiger partial charge in [0.05, 0.1) is 6.17 Å². The molecular weight excluding hydrogens is 224 g/mol. The van der Waals surface area contributed by atoms with E-state index in [1.807, 2.05) is 24.3 Å². The van der Waals surface area contributed by atoms with E-state index in [1.165, 1.54) is 6.42 Å². The first-order valence-electron chi connectivity index (χ1n) is 6.54. The van der Waals surface area contributed by atoms with Crippen molar-refractivity contribution in [2.24, 2.45) is 28.9 Å². The summed E-state index contributed by atoms with van der Waals surface area (Å²) in [4.78, 5) is 0. The monoisotopic (exact) mass is 252 g/mol. The molecular formula is C14H28N4. The van der Waals surface area contributed by atoms with Gasteiger partial charge in [-0.15, -0.1) is 0 Å². The lowest BCUT2D eigenvalue weighted by Gasteiger charge is -2.12. The number of hydrogen-bond acceptors (Lipinski definition) is 4. The molecule has 1 aromatic carbocycles. The number of nitrogens with two attached hydrogens (primary N) is 4. The van der Waals surface area contributed by atoms with Gasteiger partial charge in [0, 0.05) is 13.1 Å². The van der Waals surface area contributed by atoms with Crippen LogP contribution >= 0.6 is 0 Å². The summed E-state index contributed by atoms with van der Waals surface area (Å²) in [7, 11) is 0. The van der Waals surface area contributed by atoms with Crippen molar-refractivity contribution in [3.8, 4) is 0 Å². The second kappa shape index (κ2) is 10.0. The number of rotatable bonds is 5. The van der Waals surface area contributed by atoms with Crippen molar-refractivity contribution < 1.29 is 0 Å². The van der Waals surface area contributed by atoms with Gasteiger partial charge in [-0.1, -0.05) is 44.5 Å². The van der Waals surface area contributed by atoms with Crippen LogP contribution in [0.15, 0.2) is 24.3 Å². The van der Waals surface area contributed by atoms with Gasteiger partial charge in [-0.05, 0) is 23.5 Å². The highest BCUT2D eigenvalue weighted by atomic mass is 14.9. The average Bonchev–Trinajstić information content (AvgIpc) is 2.39. The molecule has 1 atom stereocenters. The van der Waals surface area contributed by atoms with E-state index in [-0.39, 0.29) is 6.17 Å².